The largest absolute Gasteiger partial charge is 0.437 e. The minimum atomic E-state index is -1.19. The quantitative estimate of drug-likeness (QED) is 0.525. The molecule has 0 bridgehead atoms. The molecule has 11 heteroatoms. The molecular formula is C16H17N7O3S. The molecule has 0 spiro atoms. The number of nitrogens with one attached hydrogen (secondary N) is 3. The van der Waals surface area contributed by atoms with Gasteiger partial charge in [-0.2, -0.15) is 15.4 Å². The van der Waals surface area contributed by atoms with E-state index in [0.717, 1.165) is 6.42 Å². The van der Waals surface area contributed by atoms with Gasteiger partial charge < -0.3 is 9.52 Å². The second-order valence-electron chi connectivity index (χ2n) is 6.49. The Balaban J connectivity index is 1.39. The summed E-state index contributed by atoms with van der Waals surface area (Å²) in [7, 11) is -1.19. The Bertz CT molecular complexity index is 990. The molecular weight excluding hydrogens is 370 g/mol. The van der Waals surface area contributed by atoms with E-state index in [2.05, 4.69) is 31.4 Å². The van der Waals surface area contributed by atoms with Gasteiger partial charge in [0.1, 0.15) is 5.69 Å². The number of H-pyrrole nitrogens is 1. The fraction of sp³-hybridized carbons (Fsp3) is 0.312. The van der Waals surface area contributed by atoms with Crippen molar-refractivity contribution in [1.82, 2.24) is 25.9 Å². The Morgan fingerprint density at radius 1 is 1.30 bits per heavy atom. The number of aliphatic hydroxyl groups excluding tert-OH is 1. The van der Waals surface area contributed by atoms with E-state index in [1.807, 2.05) is 6.07 Å². The minimum absolute atomic E-state index is 0.0274. The SMILES string of the molecule is O=S(c1cnc2c(c1)NNN2c1ccc(-c2cn[nH]n2)o1)C1CCC(O)C1. The van der Waals surface area contributed by atoms with Gasteiger partial charge in [0.15, 0.2) is 11.6 Å². The van der Waals surface area contributed by atoms with Crippen molar-refractivity contribution in [1.29, 1.82) is 0 Å². The highest BCUT2D eigenvalue weighted by Crippen LogP contribution is 2.37. The van der Waals surface area contributed by atoms with Crippen molar-refractivity contribution in [3.63, 3.8) is 0 Å². The number of hydrogen-bond acceptors (Lipinski definition) is 9. The van der Waals surface area contributed by atoms with Gasteiger partial charge in [-0.15, -0.1) is 5.53 Å². The molecule has 3 atom stereocenters. The fourth-order valence-electron chi connectivity index (χ4n) is 3.36. The number of anilines is 3. The number of nitrogens with zero attached hydrogens (tertiary/aromatic N) is 4. The zero-order chi connectivity index (χ0) is 18.4. The summed E-state index contributed by atoms with van der Waals surface area (Å²) in [6, 6.07) is 5.40. The molecule has 0 amide bonds. The molecule has 1 fully saturated rings. The van der Waals surface area contributed by atoms with Gasteiger partial charge >= 0.3 is 0 Å². The zero-order valence-electron chi connectivity index (χ0n) is 14.1. The Kier molecular flexibility index (Phi) is 3.92. The molecule has 1 aliphatic heterocycles. The number of fused-ring (bicyclic) bond motifs is 1. The van der Waals surface area contributed by atoms with Crippen LogP contribution in [0.5, 0.6) is 0 Å². The third-order valence-electron chi connectivity index (χ3n) is 4.73. The maximum Gasteiger partial charge on any atom is 0.217 e. The molecule has 0 aromatic carbocycles. The first-order valence-corrected chi connectivity index (χ1v) is 9.77. The predicted molar refractivity (Wildman–Crippen MR) is 97.3 cm³/mol. The highest BCUT2D eigenvalue weighted by molar-refractivity contribution is 7.85. The molecule has 1 saturated carbocycles. The number of hydrazine groups is 2. The van der Waals surface area contributed by atoms with E-state index in [0.29, 0.717) is 46.6 Å². The van der Waals surface area contributed by atoms with Gasteiger partial charge in [-0.25, -0.2) is 9.99 Å². The second-order valence-corrected chi connectivity index (χ2v) is 8.23. The van der Waals surface area contributed by atoms with Crippen molar-refractivity contribution in [2.45, 2.75) is 35.5 Å². The van der Waals surface area contributed by atoms with Crippen LogP contribution >= 0.6 is 0 Å². The topological polar surface area (TPSA) is 132 Å². The van der Waals surface area contributed by atoms with Crippen molar-refractivity contribution in [2.75, 3.05) is 10.4 Å². The predicted octanol–water partition coefficient (Wildman–Crippen LogP) is 1.46. The van der Waals surface area contributed by atoms with Crippen LogP contribution in [-0.2, 0) is 10.8 Å². The molecule has 1 aliphatic carbocycles. The Morgan fingerprint density at radius 2 is 2.22 bits per heavy atom. The Labute approximate surface area is 156 Å². The number of aromatic amines is 1. The summed E-state index contributed by atoms with van der Waals surface area (Å²) < 4.78 is 18.6. The molecule has 0 radical (unpaired) electrons. The average molecular weight is 387 g/mol. The van der Waals surface area contributed by atoms with Gasteiger partial charge in [0.2, 0.25) is 5.88 Å². The molecule has 3 unspecified atom stereocenters. The minimum Gasteiger partial charge on any atom is -0.437 e. The van der Waals surface area contributed by atoms with Crippen LogP contribution in [0.25, 0.3) is 11.5 Å². The average Bonchev–Trinajstić information content (AvgIpc) is 3.45. The van der Waals surface area contributed by atoms with E-state index in [-0.39, 0.29) is 11.4 Å². The number of furan rings is 1. The number of pyridine rings is 1. The second kappa shape index (κ2) is 6.44. The molecule has 140 valence electrons. The maximum absolute atomic E-state index is 12.7. The normalized spacial score (nSPS) is 22.6. The molecule has 10 nitrogen and oxygen atoms in total. The highest BCUT2D eigenvalue weighted by atomic mass is 32.2. The van der Waals surface area contributed by atoms with Crippen LogP contribution in [0.4, 0.5) is 17.4 Å². The first-order chi connectivity index (χ1) is 13.2. The van der Waals surface area contributed by atoms with Crippen molar-refractivity contribution in [3.05, 3.63) is 30.6 Å². The smallest absolute Gasteiger partial charge is 0.217 e. The van der Waals surface area contributed by atoms with Crippen LogP contribution in [0.3, 0.4) is 0 Å². The maximum atomic E-state index is 12.7. The lowest BCUT2D eigenvalue weighted by Crippen LogP contribution is -2.31. The summed E-state index contributed by atoms with van der Waals surface area (Å²) in [5.74, 6) is 1.72. The number of aromatic nitrogens is 4. The zero-order valence-corrected chi connectivity index (χ0v) is 14.9. The summed E-state index contributed by atoms with van der Waals surface area (Å²) in [5.41, 5.74) is 7.32. The van der Waals surface area contributed by atoms with Crippen LogP contribution in [0.15, 0.2) is 39.9 Å². The van der Waals surface area contributed by atoms with Crippen molar-refractivity contribution in [2.24, 2.45) is 0 Å². The van der Waals surface area contributed by atoms with E-state index in [4.69, 9.17) is 4.42 Å². The van der Waals surface area contributed by atoms with Crippen molar-refractivity contribution in [3.8, 4) is 11.5 Å². The summed E-state index contributed by atoms with van der Waals surface area (Å²) >= 11 is 0. The fourth-order valence-corrected chi connectivity index (χ4v) is 4.88. The van der Waals surface area contributed by atoms with Gasteiger partial charge in [-0.05, 0) is 31.4 Å². The lowest BCUT2D eigenvalue weighted by atomic mass is 10.3. The number of rotatable bonds is 4. The van der Waals surface area contributed by atoms with E-state index < -0.39 is 10.8 Å². The third-order valence-corrected chi connectivity index (χ3v) is 6.45. The van der Waals surface area contributed by atoms with Crippen molar-refractivity contribution < 1.29 is 13.7 Å². The van der Waals surface area contributed by atoms with E-state index in [1.165, 1.54) is 0 Å². The van der Waals surface area contributed by atoms with Crippen LogP contribution in [-0.4, -0.2) is 41.1 Å². The highest BCUT2D eigenvalue weighted by Gasteiger charge is 2.30. The van der Waals surface area contributed by atoms with E-state index >= 15 is 0 Å². The summed E-state index contributed by atoms with van der Waals surface area (Å²) in [6.07, 6.45) is 4.87. The van der Waals surface area contributed by atoms with Crippen LogP contribution in [0, 0.1) is 0 Å². The molecule has 27 heavy (non-hydrogen) atoms. The number of hydrogen-bond donors (Lipinski definition) is 4. The van der Waals surface area contributed by atoms with Crippen molar-refractivity contribution >= 4 is 28.2 Å². The lowest BCUT2D eigenvalue weighted by molar-refractivity contribution is 0.183. The van der Waals surface area contributed by atoms with E-state index in [9.17, 15) is 9.32 Å². The van der Waals surface area contributed by atoms with Gasteiger partial charge in [-0.1, -0.05) is 0 Å². The third kappa shape index (κ3) is 2.89. The Morgan fingerprint density at radius 3 is 3.00 bits per heavy atom. The number of aliphatic hydroxyl groups is 1. The first kappa shape index (κ1) is 16.4. The first-order valence-electron chi connectivity index (χ1n) is 8.55. The molecule has 3 aromatic rings. The standard InChI is InChI=1S/C16H17N7O3S/c24-9-1-2-10(5-9)27(25)11-6-12-16(17-7-11)23(22-20-12)15-4-3-14(26-15)13-8-18-21-19-13/h3-4,6-10,20,22,24H,1-2,5H2,(H,18,19,21). The summed E-state index contributed by atoms with van der Waals surface area (Å²) in [6.45, 7) is 0. The molecule has 5 rings (SSSR count). The van der Waals surface area contributed by atoms with Gasteiger partial charge in [-0.3, -0.25) is 9.63 Å². The lowest BCUT2D eigenvalue weighted by Gasteiger charge is -2.13. The van der Waals surface area contributed by atoms with Crippen LogP contribution < -0.4 is 16.0 Å². The Hall–Kier alpha value is -2.76. The molecule has 4 heterocycles. The molecule has 2 aliphatic rings. The van der Waals surface area contributed by atoms with Gasteiger partial charge in [0.05, 0.1) is 33.7 Å². The monoisotopic (exact) mass is 387 g/mol. The van der Waals surface area contributed by atoms with E-state index in [1.54, 1.807) is 29.5 Å². The van der Waals surface area contributed by atoms with Gasteiger partial charge in [0, 0.05) is 17.5 Å². The molecule has 0 saturated heterocycles. The summed E-state index contributed by atoms with van der Waals surface area (Å²) in [4.78, 5) is 5.10. The molecule has 4 N–H and O–H groups in total. The summed E-state index contributed by atoms with van der Waals surface area (Å²) in [5, 5.41) is 21.6. The van der Waals surface area contributed by atoms with Gasteiger partial charge in [0.25, 0.3) is 0 Å². The van der Waals surface area contributed by atoms with Crippen LogP contribution in [0.1, 0.15) is 19.3 Å². The van der Waals surface area contributed by atoms with Crippen LogP contribution in [0.2, 0.25) is 0 Å². The molecule has 3 aromatic heterocycles.